The normalized spacial score (nSPS) is 13.2. The summed E-state index contributed by atoms with van der Waals surface area (Å²) in [6.45, 7) is 5.23. The molecule has 1 aliphatic rings. The van der Waals surface area contributed by atoms with Crippen LogP contribution in [0.4, 0.5) is 17.2 Å². The molecule has 3 N–H and O–H groups in total. The summed E-state index contributed by atoms with van der Waals surface area (Å²) >= 11 is 0. The van der Waals surface area contributed by atoms with Gasteiger partial charge in [-0.15, -0.1) is 0 Å². The first-order valence-electron chi connectivity index (χ1n) is 14.1. The number of imidazole rings is 1. The van der Waals surface area contributed by atoms with Crippen molar-refractivity contribution >= 4 is 40.6 Å². The van der Waals surface area contributed by atoms with Crippen LogP contribution in [-0.4, -0.2) is 56.6 Å². The van der Waals surface area contributed by atoms with Gasteiger partial charge in [0.05, 0.1) is 12.2 Å². The van der Waals surface area contributed by atoms with Gasteiger partial charge in [-0.05, 0) is 60.0 Å². The third-order valence-corrected chi connectivity index (χ3v) is 7.35. The number of benzene rings is 3. The summed E-state index contributed by atoms with van der Waals surface area (Å²) in [5, 5.41) is 9.04. The highest BCUT2D eigenvalue weighted by molar-refractivity contribution is 6.04. The van der Waals surface area contributed by atoms with Crippen LogP contribution in [0.3, 0.4) is 0 Å². The highest BCUT2D eigenvalue weighted by Crippen LogP contribution is 2.27. The van der Waals surface area contributed by atoms with Crippen LogP contribution in [0.25, 0.3) is 16.9 Å². The van der Waals surface area contributed by atoms with Crippen LogP contribution in [-0.2, 0) is 4.79 Å². The van der Waals surface area contributed by atoms with E-state index in [2.05, 4.69) is 34.8 Å². The van der Waals surface area contributed by atoms with E-state index in [4.69, 9.17) is 4.98 Å². The standard InChI is InChI=1S/C33H31N7O3/c1-21(2)22-6-8-23(9-7-22)32(42)37-27-5-3-4-25(18-27)28-19-39-16-15-35-31(39)30(38-28)36-26-12-10-24(11-13-26)33(43)40-17-14-34-29(41)20-40/h3-13,15-16,18-19,21H,14,17,20H2,1-2H3,(H,34,41)(H,36,38)(H,37,42). The molecule has 6 rings (SSSR count). The van der Waals surface area contributed by atoms with E-state index in [0.717, 1.165) is 11.3 Å². The number of carbonyl (C=O) groups excluding carboxylic acids is 3. The van der Waals surface area contributed by atoms with E-state index in [9.17, 15) is 14.4 Å². The molecule has 216 valence electrons. The fraction of sp³-hybridized carbons (Fsp3) is 0.182. The van der Waals surface area contributed by atoms with Gasteiger partial charge in [0.15, 0.2) is 11.5 Å². The molecular weight excluding hydrogens is 542 g/mol. The van der Waals surface area contributed by atoms with Crippen LogP contribution < -0.4 is 16.0 Å². The molecule has 5 aromatic rings. The summed E-state index contributed by atoms with van der Waals surface area (Å²) in [5.41, 5.74) is 5.80. The Morgan fingerprint density at radius 2 is 1.72 bits per heavy atom. The van der Waals surface area contributed by atoms with Crippen LogP contribution in [0.5, 0.6) is 0 Å². The monoisotopic (exact) mass is 573 g/mol. The minimum Gasteiger partial charge on any atom is -0.353 e. The summed E-state index contributed by atoms with van der Waals surface area (Å²) in [6, 6.07) is 22.2. The molecule has 0 bridgehead atoms. The number of rotatable bonds is 7. The van der Waals surface area contributed by atoms with Crippen molar-refractivity contribution in [2.75, 3.05) is 30.3 Å². The lowest BCUT2D eigenvalue weighted by molar-refractivity contribution is -0.123. The number of nitrogens with one attached hydrogen (secondary N) is 3. The average Bonchev–Trinajstić information content (AvgIpc) is 3.51. The number of fused-ring (bicyclic) bond motifs is 1. The van der Waals surface area contributed by atoms with Crippen LogP contribution >= 0.6 is 0 Å². The quantitative estimate of drug-likeness (QED) is 0.250. The van der Waals surface area contributed by atoms with Crippen LogP contribution in [0.2, 0.25) is 0 Å². The van der Waals surface area contributed by atoms with Crippen molar-refractivity contribution in [3.8, 4) is 11.3 Å². The van der Waals surface area contributed by atoms with E-state index >= 15 is 0 Å². The molecule has 0 saturated carbocycles. The van der Waals surface area contributed by atoms with E-state index < -0.39 is 0 Å². The second kappa shape index (κ2) is 11.8. The van der Waals surface area contributed by atoms with Gasteiger partial charge in [-0.3, -0.25) is 14.4 Å². The average molecular weight is 574 g/mol. The lowest BCUT2D eigenvalue weighted by atomic mass is 10.0. The number of carbonyl (C=O) groups is 3. The van der Waals surface area contributed by atoms with Crippen LogP contribution in [0.15, 0.2) is 91.4 Å². The zero-order chi connectivity index (χ0) is 29.9. The van der Waals surface area contributed by atoms with Crippen molar-refractivity contribution in [1.82, 2.24) is 24.6 Å². The van der Waals surface area contributed by atoms with Crippen molar-refractivity contribution in [2.45, 2.75) is 19.8 Å². The lowest BCUT2D eigenvalue weighted by Gasteiger charge is -2.26. The molecule has 1 fully saturated rings. The molecule has 3 heterocycles. The first-order chi connectivity index (χ1) is 20.8. The zero-order valence-electron chi connectivity index (χ0n) is 23.9. The topological polar surface area (TPSA) is 121 Å². The first-order valence-corrected chi connectivity index (χ1v) is 14.1. The Morgan fingerprint density at radius 1 is 0.953 bits per heavy atom. The highest BCUT2D eigenvalue weighted by Gasteiger charge is 2.22. The molecule has 1 aliphatic heterocycles. The van der Waals surface area contributed by atoms with Gasteiger partial charge in [-0.25, -0.2) is 9.97 Å². The number of hydrogen-bond acceptors (Lipinski definition) is 6. The molecule has 0 unspecified atom stereocenters. The van der Waals surface area contributed by atoms with E-state index in [1.54, 1.807) is 35.4 Å². The Bertz CT molecular complexity index is 1810. The molecule has 3 aromatic carbocycles. The van der Waals surface area contributed by atoms with Gasteiger partial charge < -0.3 is 25.3 Å². The van der Waals surface area contributed by atoms with E-state index in [-0.39, 0.29) is 24.3 Å². The van der Waals surface area contributed by atoms with Crippen molar-refractivity contribution < 1.29 is 14.4 Å². The van der Waals surface area contributed by atoms with Gasteiger partial charge in [0.1, 0.15) is 0 Å². The summed E-state index contributed by atoms with van der Waals surface area (Å²) in [4.78, 5) is 48.3. The molecule has 10 nitrogen and oxygen atoms in total. The largest absolute Gasteiger partial charge is 0.353 e. The predicted molar refractivity (Wildman–Crippen MR) is 166 cm³/mol. The van der Waals surface area contributed by atoms with Crippen LogP contribution in [0, 0.1) is 0 Å². The second-order valence-corrected chi connectivity index (χ2v) is 10.7. The van der Waals surface area contributed by atoms with E-state index in [1.807, 2.05) is 65.3 Å². The maximum absolute atomic E-state index is 12.9. The summed E-state index contributed by atoms with van der Waals surface area (Å²) in [7, 11) is 0. The number of anilines is 3. The maximum Gasteiger partial charge on any atom is 0.255 e. The number of piperazine rings is 1. The summed E-state index contributed by atoms with van der Waals surface area (Å²) in [5.74, 6) is 0.411. The summed E-state index contributed by atoms with van der Waals surface area (Å²) < 4.78 is 1.88. The Labute approximate surface area is 248 Å². The molecule has 2 aromatic heterocycles. The first kappa shape index (κ1) is 27.6. The maximum atomic E-state index is 12.9. The van der Waals surface area contributed by atoms with Gasteiger partial charge in [-0.1, -0.05) is 38.1 Å². The number of amides is 3. The SMILES string of the molecule is CC(C)c1ccc(C(=O)Nc2cccc(-c3cn4ccnc4c(Nc4ccc(C(=O)N5CCNC(=O)C5)cc4)n3)c2)cc1. The van der Waals surface area contributed by atoms with Gasteiger partial charge in [-0.2, -0.15) is 0 Å². The fourth-order valence-electron chi connectivity index (χ4n) is 4.96. The van der Waals surface area contributed by atoms with Gasteiger partial charge in [0.2, 0.25) is 5.91 Å². The molecule has 0 aliphatic carbocycles. The van der Waals surface area contributed by atoms with Crippen molar-refractivity contribution in [3.63, 3.8) is 0 Å². The molecule has 0 radical (unpaired) electrons. The second-order valence-electron chi connectivity index (χ2n) is 10.7. The molecule has 43 heavy (non-hydrogen) atoms. The van der Waals surface area contributed by atoms with Crippen LogP contribution in [0.1, 0.15) is 46.0 Å². The molecule has 0 atom stereocenters. The van der Waals surface area contributed by atoms with E-state index in [1.165, 1.54) is 5.56 Å². The van der Waals surface area contributed by atoms with Crippen molar-refractivity contribution in [1.29, 1.82) is 0 Å². The number of hydrogen-bond donors (Lipinski definition) is 3. The Balaban J connectivity index is 1.21. The Kier molecular flexibility index (Phi) is 7.57. The number of aromatic nitrogens is 3. The van der Waals surface area contributed by atoms with Gasteiger partial charge in [0.25, 0.3) is 11.8 Å². The minimum atomic E-state index is -0.184. The molecule has 3 amide bonds. The number of nitrogens with zero attached hydrogens (tertiary/aromatic N) is 4. The highest BCUT2D eigenvalue weighted by atomic mass is 16.2. The lowest BCUT2D eigenvalue weighted by Crippen LogP contribution is -2.49. The molecule has 1 saturated heterocycles. The van der Waals surface area contributed by atoms with Gasteiger partial charge in [0, 0.05) is 59.7 Å². The zero-order valence-corrected chi connectivity index (χ0v) is 23.9. The predicted octanol–water partition coefficient (Wildman–Crippen LogP) is 5.09. The van der Waals surface area contributed by atoms with E-state index in [0.29, 0.717) is 53.0 Å². The smallest absolute Gasteiger partial charge is 0.255 e. The molecule has 0 spiro atoms. The minimum absolute atomic E-state index is 0.0592. The molecular formula is C33H31N7O3. The fourth-order valence-corrected chi connectivity index (χ4v) is 4.96. The van der Waals surface area contributed by atoms with Crippen molar-refractivity contribution in [3.05, 3.63) is 108 Å². The Morgan fingerprint density at radius 3 is 2.47 bits per heavy atom. The van der Waals surface area contributed by atoms with Gasteiger partial charge >= 0.3 is 0 Å². The summed E-state index contributed by atoms with van der Waals surface area (Å²) in [6.07, 6.45) is 5.42. The third-order valence-electron chi connectivity index (χ3n) is 7.35. The van der Waals surface area contributed by atoms with Crippen molar-refractivity contribution in [2.24, 2.45) is 0 Å². The molecule has 10 heteroatoms. The Hall–Kier alpha value is -5.51. The third kappa shape index (κ3) is 6.08.